The Labute approximate surface area is 83.3 Å². The molecule has 0 aliphatic heterocycles. The lowest BCUT2D eigenvalue weighted by atomic mass is 10.1. The van der Waals surface area contributed by atoms with Gasteiger partial charge in [0.25, 0.3) is 0 Å². The van der Waals surface area contributed by atoms with E-state index in [1.165, 1.54) is 0 Å². The number of rotatable bonds is 4. The molecule has 0 radical (unpaired) electrons. The molecule has 1 aromatic rings. The monoisotopic (exact) mass is 191 g/mol. The minimum atomic E-state index is -0.261. The second kappa shape index (κ2) is 5.20. The topological polar surface area (TPSA) is 71.9 Å². The van der Waals surface area contributed by atoms with Crippen LogP contribution in [0.4, 0.5) is 0 Å². The quantitative estimate of drug-likeness (QED) is 0.780. The van der Waals surface area contributed by atoms with E-state index in [1.54, 1.807) is 12.3 Å². The normalized spacial score (nSPS) is 11.8. The molecule has 0 spiro atoms. The summed E-state index contributed by atoms with van der Waals surface area (Å²) < 4.78 is 5.18. The second-order valence-corrected chi connectivity index (χ2v) is 2.83. The van der Waals surface area contributed by atoms with Gasteiger partial charge in [0.1, 0.15) is 0 Å². The van der Waals surface area contributed by atoms with Gasteiger partial charge in [-0.05, 0) is 12.5 Å². The minimum absolute atomic E-state index is 0.261. The fraction of sp³-hybridized carbons (Fsp3) is 0.400. The zero-order valence-electron chi connectivity index (χ0n) is 8.10. The molecule has 1 heterocycles. The molecular weight excluding hydrogens is 178 g/mol. The molecule has 2 N–H and O–H groups in total. The molecule has 0 amide bonds. The minimum Gasteiger partial charge on any atom is -0.478 e. The van der Waals surface area contributed by atoms with Crippen molar-refractivity contribution in [2.75, 3.05) is 6.61 Å². The predicted molar refractivity (Wildman–Crippen MR) is 52.6 cm³/mol. The van der Waals surface area contributed by atoms with Crippen molar-refractivity contribution >= 4 is 0 Å². The summed E-state index contributed by atoms with van der Waals surface area (Å²) in [5, 5.41) is 8.46. The molecule has 1 unspecified atom stereocenters. The maximum atomic E-state index is 8.46. The lowest BCUT2D eigenvalue weighted by Crippen LogP contribution is -2.09. The van der Waals surface area contributed by atoms with Crippen LogP contribution in [-0.2, 0) is 0 Å². The summed E-state index contributed by atoms with van der Waals surface area (Å²) in [5.74, 6) is 0.584. The van der Waals surface area contributed by atoms with Gasteiger partial charge in [-0.3, -0.25) is 0 Å². The highest BCUT2D eigenvalue weighted by Crippen LogP contribution is 2.14. The molecule has 1 atom stereocenters. The Morgan fingerprint density at radius 3 is 2.93 bits per heavy atom. The zero-order valence-corrected chi connectivity index (χ0v) is 8.10. The Bertz CT molecular complexity index is 315. The molecular formula is C10H13N3O. The fourth-order valence-corrected chi connectivity index (χ4v) is 1.06. The fourth-order valence-electron chi connectivity index (χ4n) is 1.06. The van der Waals surface area contributed by atoms with Gasteiger partial charge >= 0.3 is 0 Å². The van der Waals surface area contributed by atoms with Crippen molar-refractivity contribution in [3.05, 3.63) is 23.9 Å². The number of hydrogen-bond donors (Lipinski definition) is 1. The van der Waals surface area contributed by atoms with E-state index in [4.69, 9.17) is 15.7 Å². The van der Waals surface area contributed by atoms with Gasteiger partial charge in [-0.15, -0.1) is 0 Å². The number of nitrogens with zero attached hydrogens (tertiary/aromatic N) is 2. The Hall–Kier alpha value is -1.60. The van der Waals surface area contributed by atoms with Crippen LogP contribution < -0.4 is 10.5 Å². The summed E-state index contributed by atoms with van der Waals surface area (Å²) in [7, 11) is 0. The first-order valence-electron chi connectivity index (χ1n) is 4.49. The highest BCUT2D eigenvalue weighted by Gasteiger charge is 2.05. The average molecular weight is 191 g/mol. The van der Waals surface area contributed by atoms with E-state index in [0.29, 0.717) is 18.9 Å². The number of hydrogen-bond acceptors (Lipinski definition) is 4. The molecule has 0 aliphatic rings. The summed E-state index contributed by atoms with van der Waals surface area (Å²) in [6.45, 7) is 2.49. The third-order valence-electron chi connectivity index (χ3n) is 1.79. The van der Waals surface area contributed by atoms with Crippen LogP contribution in [0.2, 0.25) is 0 Å². The van der Waals surface area contributed by atoms with Crippen LogP contribution in [0.1, 0.15) is 24.9 Å². The molecule has 74 valence electrons. The standard InChI is InChI=1S/C10H13N3O/c1-2-14-10-4-3-8(7-13-10)9(12)5-6-11/h3-4,7,9H,2,5,12H2,1H3. The van der Waals surface area contributed by atoms with E-state index < -0.39 is 0 Å². The van der Waals surface area contributed by atoms with Gasteiger partial charge in [-0.25, -0.2) is 4.98 Å². The van der Waals surface area contributed by atoms with Crippen molar-refractivity contribution in [2.24, 2.45) is 5.73 Å². The number of ether oxygens (including phenoxy) is 1. The summed E-state index contributed by atoms with van der Waals surface area (Å²) in [6.07, 6.45) is 1.95. The van der Waals surface area contributed by atoms with Crippen LogP contribution >= 0.6 is 0 Å². The number of aromatic nitrogens is 1. The maximum absolute atomic E-state index is 8.46. The molecule has 0 fully saturated rings. The van der Waals surface area contributed by atoms with Gasteiger partial charge in [0.05, 0.1) is 19.1 Å². The van der Waals surface area contributed by atoms with Crippen molar-refractivity contribution in [2.45, 2.75) is 19.4 Å². The second-order valence-electron chi connectivity index (χ2n) is 2.83. The Morgan fingerprint density at radius 1 is 1.64 bits per heavy atom. The van der Waals surface area contributed by atoms with E-state index in [2.05, 4.69) is 4.98 Å². The third-order valence-corrected chi connectivity index (χ3v) is 1.79. The van der Waals surface area contributed by atoms with Crippen LogP contribution in [0.25, 0.3) is 0 Å². The van der Waals surface area contributed by atoms with Crippen LogP contribution in [0.15, 0.2) is 18.3 Å². The van der Waals surface area contributed by atoms with Crippen LogP contribution in [0.3, 0.4) is 0 Å². The first kappa shape index (κ1) is 10.5. The van der Waals surface area contributed by atoms with Crippen molar-refractivity contribution < 1.29 is 4.74 Å². The van der Waals surface area contributed by atoms with Gasteiger partial charge in [0, 0.05) is 18.3 Å². The predicted octanol–water partition coefficient (Wildman–Crippen LogP) is 1.39. The molecule has 0 bridgehead atoms. The first-order valence-corrected chi connectivity index (χ1v) is 4.49. The molecule has 0 saturated heterocycles. The number of pyridine rings is 1. The molecule has 14 heavy (non-hydrogen) atoms. The summed E-state index contributed by atoms with van der Waals surface area (Å²) in [5.41, 5.74) is 6.58. The summed E-state index contributed by atoms with van der Waals surface area (Å²) in [6, 6.07) is 5.35. The zero-order chi connectivity index (χ0) is 10.4. The van der Waals surface area contributed by atoms with E-state index in [9.17, 15) is 0 Å². The summed E-state index contributed by atoms with van der Waals surface area (Å²) in [4.78, 5) is 4.06. The smallest absolute Gasteiger partial charge is 0.213 e. The number of nitriles is 1. The Morgan fingerprint density at radius 2 is 2.43 bits per heavy atom. The van der Waals surface area contributed by atoms with Gasteiger partial charge in [0.2, 0.25) is 5.88 Å². The van der Waals surface area contributed by atoms with E-state index in [1.807, 2.05) is 19.1 Å². The lowest BCUT2D eigenvalue weighted by molar-refractivity contribution is 0.326. The molecule has 0 aliphatic carbocycles. The number of nitrogens with two attached hydrogens (primary N) is 1. The van der Waals surface area contributed by atoms with Crippen molar-refractivity contribution in [1.29, 1.82) is 5.26 Å². The van der Waals surface area contributed by atoms with Crippen LogP contribution in [0, 0.1) is 11.3 Å². The maximum Gasteiger partial charge on any atom is 0.213 e. The molecule has 1 rings (SSSR count). The van der Waals surface area contributed by atoms with Crippen LogP contribution in [0.5, 0.6) is 5.88 Å². The van der Waals surface area contributed by atoms with Crippen molar-refractivity contribution in [3.63, 3.8) is 0 Å². The van der Waals surface area contributed by atoms with E-state index in [-0.39, 0.29) is 6.04 Å². The Kier molecular flexibility index (Phi) is 3.89. The third kappa shape index (κ3) is 2.71. The van der Waals surface area contributed by atoms with Crippen LogP contribution in [-0.4, -0.2) is 11.6 Å². The first-order chi connectivity index (χ1) is 6.77. The largest absolute Gasteiger partial charge is 0.478 e. The lowest BCUT2D eigenvalue weighted by Gasteiger charge is -2.07. The molecule has 4 nitrogen and oxygen atoms in total. The van der Waals surface area contributed by atoms with Crippen molar-refractivity contribution in [3.8, 4) is 11.9 Å². The molecule has 0 saturated carbocycles. The van der Waals surface area contributed by atoms with Crippen molar-refractivity contribution in [1.82, 2.24) is 4.98 Å². The SMILES string of the molecule is CCOc1ccc(C(N)CC#N)cn1. The molecule has 4 heteroatoms. The molecule has 1 aromatic heterocycles. The van der Waals surface area contributed by atoms with Gasteiger partial charge < -0.3 is 10.5 Å². The highest BCUT2D eigenvalue weighted by molar-refractivity contribution is 5.21. The van der Waals surface area contributed by atoms with E-state index >= 15 is 0 Å². The highest BCUT2D eigenvalue weighted by atomic mass is 16.5. The van der Waals surface area contributed by atoms with E-state index in [0.717, 1.165) is 5.56 Å². The summed E-state index contributed by atoms with van der Waals surface area (Å²) >= 11 is 0. The van der Waals surface area contributed by atoms with Gasteiger partial charge in [0.15, 0.2) is 0 Å². The Balaban J connectivity index is 2.68. The molecule has 0 aromatic carbocycles. The van der Waals surface area contributed by atoms with Gasteiger partial charge in [-0.1, -0.05) is 6.07 Å². The average Bonchev–Trinajstić information content (AvgIpc) is 2.20. The van der Waals surface area contributed by atoms with Gasteiger partial charge in [-0.2, -0.15) is 5.26 Å².